The molecule has 1 unspecified atom stereocenters. The lowest BCUT2D eigenvalue weighted by atomic mass is 10.1. The van der Waals surface area contributed by atoms with Crippen LogP contribution in [0.4, 0.5) is 0 Å². The molecule has 0 aromatic heterocycles. The fourth-order valence-electron chi connectivity index (χ4n) is 2.71. The zero-order valence-corrected chi connectivity index (χ0v) is 18.3. The van der Waals surface area contributed by atoms with Crippen LogP contribution in [0.15, 0.2) is 54.6 Å². The molecule has 0 radical (unpaired) electrons. The van der Waals surface area contributed by atoms with Crippen molar-refractivity contribution in [2.75, 3.05) is 18.8 Å². The lowest BCUT2D eigenvalue weighted by molar-refractivity contribution is 0.00500. The van der Waals surface area contributed by atoms with Crippen LogP contribution in [0, 0.1) is 0 Å². The molecule has 148 valence electrons. The van der Waals surface area contributed by atoms with Crippen LogP contribution in [-0.4, -0.2) is 35.5 Å². The molecule has 7 heteroatoms. The standard InChI is InChI=1S/C20H29NO4SSi/c1-26(22,23)15-20(21-27(2,3)4)18-11-8-12-19(13-18)25-16-24-14-17-9-6-5-7-10-17/h5-13,20-21H,14-16H2,1-4H3. The van der Waals surface area contributed by atoms with E-state index in [1.807, 2.05) is 54.6 Å². The molecule has 0 spiro atoms. The first-order valence-electron chi connectivity index (χ1n) is 8.92. The molecule has 0 aliphatic rings. The van der Waals surface area contributed by atoms with Gasteiger partial charge in [0, 0.05) is 12.3 Å². The summed E-state index contributed by atoms with van der Waals surface area (Å²) in [5.74, 6) is 0.724. The van der Waals surface area contributed by atoms with Crippen molar-refractivity contribution in [1.82, 2.24) is 4.98 Å². The molecule has 0 bridgehead atoms. The van der Waals surface area contributed by atoms with Crippen LogP contribution in [-0.2, 0) is 21.2 Å². The number of hydrogen-bond donors (Lipinski definition) is 1. The van der Waals surface area contributed by atoms with Gasteiger partial charge in [-0.3, -0.25) is 0 Å². The Bertz CT molecular complexity index is 819. The summed E-state index contributed by atoms with van der Waals surface area (Å²) in [7, 11) is -4.78. The van der Waals surface area contributed by atoms with Gasteiger partial charge in [-0.15, -0.1) is 0 Å². The van der Waals surface area contributed by atoms with E-state index in [2.05, 4.69) is 24.6 Å². The van der Waals surface area contributed by atoms with E-state index >= 15 is 0 Å². The molecule has 0 heterocycles. The van der Waals surface area contributed by atoms with Crippen LogP contribution in [0.2, 0.25) is 19.6 Å². The van der Waals surface area contributed by atoms with E-state index in [0.717, 1.165) is 11.1 Å². The molecule has 27 heavy (non-hydrogen) atoms. The van der Waals surface area contributed by atoms with Crippen molar-refractivity contribution < 1.29 is 17.9 Å². The zero-order chi connectivity index (χ0) is 19.9. The maximum Gasteiger partial charge on any atom is 0.189 e. The molecule has 2 aromatic carbocycles. The molecule has 2 rings (SSSR count). The number of sulfone groups is 1. The van der Waals surface area contributed by atoms with E-state index < -0.39 is 18.1 Å². The lowest BCUT2D eigenvalue weighted by Crippen LogP contribution is -2.45. The van der Waals surface area contributed by atoms with Crippen LogP contribution in [0.1, 0.15) is 17.2 Å². The number of hydrogen-bond acceptors (Lipinski definition) is 5. The van der Waals surface area contributed by atoms with Crippen LogP contribution < -0.4 is 9.72 Å². The average molecular weight is 408 g/mol. The smallest absolute Gasteiger partial charge is 0.189 e. The maximum atomic E-state index is 11.9. The predicted octanol–water partition coefficient (Wildman–Crippen LogP) is 3.75. The highest BCUT2D eigenvalue weighted by atomic mass is 32.2. The molecule has 0 fully saturated rings. The first-order valence-corrected chi connectivity index (χ1v) is 14.5. The van der Waals surface area contributed by atoms with Crippen molar-refractivity contribution in [3.05, 3.63) is 65.7 Å². The van der Waals surface area contributed by atoms with Crippen molar-refractivity contribution in [2.24, 2.45) is 0 Å². The first-order chi connectivity index (χ1) is 12.6. The zero-order valence-electron chi connectivity index (χ0n) is 16.4. The molecule has 0 saturated heterocycles. The van der Waals surface area contributed by atoms with Crippen molar-refractivity contribution in [2.45, 2.75) is 32.3 Å². The topological polar surface area (TPSA) is 64.6 Å². The minimum atomic E-state index is -3.11. The van der Waals surface area contributed by atoms with Crippen molar-refractivity contribution in [1.29, 1.82) is 0 Å². The van der Waals surface area contributed by atoms with Gasteiger partial charge < -0.3 is 14.5 Å². The molecule has 1 N–H and O–H groups in total. The Morgan fingerprint density at radius 1 is 1.04 bits per heavy atom. The Morgan fingerprint density at radius 2 is 1.74 bits per heavy atom. The molecule has 0 saturated carbocycles. The summed E-state index contributed by atoms with van der Waals surface area (Å²) in [5.41, 5.74) is 1.99. The highest BCUT2D eigenvalue weighted by molar-refractivity contribution is 7.90. The number of nitrogens with one attached hydrogen (secondary N) is 1. The van der Waals surface area contributed by atoms with Crippen LogP contribution >= 0.6 is 0 Å². The molecule has 5 nitrogen and oxygen atoms in total. The third kappa shape index (κ3) is 8.70. The van der Waals surface area contributed by atoms with Crippen LogP contribution in [0.3, 0.4) is 0 Å². The third-order valence-electron chi connectivity index (χ3n) is 3.76. The summed E-state index contributed by atoms with van der Waals surface area (Å²) in [6.45, 7) is 7.07. The van der Waals surface area contributed by atoms with Crippen LogP contribution in [0.5, 0.6) is 5.75 Å². The quantitative estimate of drug-likeness (QED) is 0.369. The van der Waals surface area contributed by atoms with E-state index in [1.165, 1.54) is 6.26 Å². The summed E-state index contributed by atoms with van der Waals surface area (Å²) < 4.78 is 35.0. The third-order valence-corrected chi connectivity index (χ3v) is 5.91. The Morgan fingerprint density at radius 3 is 2.37 bits per heavy atom. The molecule has 0 amide bonds. The minimum Gasteiger partial charge on any atom is -0.468 e. The van der Waals surface area contributed by atoms with E-state index in [-0.39, 0.29) is 18.6 Å². The van der Waals surface area contributed by atoms with E-state index in [0.29, 0.717) is 12.4 Å². The van der Waals surface area contributed by atoms with E-state index in [9.17, 15) is 8.42 Å². The first kappa shape index (κ1) is 21.6. The van der Waals surface area contributed by atoms with Gasteiger partial charge >= 0.3 is 0 Å². The second-order valence-corrected chi connectivity index (χ2v) is 14.7. The second kappa shape index (κ2) is 9.50. The molecule has 1 atom stereocenters. The molecule has 0 aliphatic carbocycles. The predicted molar refractivity (Wildman–Crippen MR) is 112 cm³/mol. The Hall–Kier alpha value is -1.67. The van der Waals surface area contributed by atoms with Gasteiger partial charge in [-0.2, -0.15) is 0 Å². The van der Waals surface area contributed by atoms with E-state index in [4.69, 9.17) is 9.47 Å². The lowest BCUT2D eigenvalue weighted by Gasteiger charge is -2.27. The van der Waals surface area contributed by atoms with Gasteiger partial charge in [-0.1, -0.05) is 62.1 Å². The minimum absolute atomic E-state index is 0.0607. The summed E-state index contributed by atoms with van der Waals surface area (Å²) in [4.78, 5) is 3.52. The molecule has 2 aromatic rings. The van der Waals surface area contributed by atoms with Gasteiger partial charge in [0.2, 0.25) is 0 Å². The Balaban J connectivity index is 2.00. The van der Waals surface area contributed by atoms with Gasteiger partial charge in [0.15, 0.2) is 6.79 Å². The van der Waals surface area contributed by atoms with Crippen molar-refractivity contribution >= 4 is 18.1 Å². The summed E-state index contributed by atoms with van der Waals surface area (Å²) in [6.07, 6.45) is 1.27. The van der Waals surface area contributed by atoms with Gasteiger partial charge in [0.1, 0.15) is 23.8 Å². The van der Waals surface area contributed by atoms with Gasteiger partial charge in [-0.05, 0) is 23.3 Å². The van der Waals surface area contributed by atoms with Crippen LogP contribution in [0.25, 0.3) is 0 Å². The molecular formula is C20H29NO4SSi. The molecular weight excluding hydrogens is 378 g/mol. The largest absolute Gasteiger partial charge is 0.468 e. The average Bonchev–Trinajstić information content (AvgIpc) is 2.57. The van der Waals surface area contributed by atoms with Crippen molar-refractivity contribution in [3.63, 3.8) is 0 Å². The molecule has 0 aliphatic heterocycles. The highest BCUT2D eigenvalue weighted by Crippen LogP contribution is 2.22. The summed E-state index contributed by atoms with van der Waals surface area (Å²) in [5, 5.41) is 0. The Labute approximate surface area is 163 Å². The highest BCUT2D eigenvalue weighted by Gasteiger charge is 2.24. The number of ether oxygens (including phenoxy) is 2. The number of rotatable bonds is 10. The Kier molecular flexibility index (Phi) is 7.61. The van der Waals surface area contributed by atoms with E-state index in [1.54, 1.807) is 0 Å². The normalized spacial score (nSPS) is 13.3. The fraction of sp³-hybridized carbons (Fsp3) is 0.400. The number of benzene rings is 2. The monoisotopic (exact) mass is 407 g/mol. The fourth-order valence-corrected chi connectivity index (χ4v) is 5.05. The summed E-state index contributed by atoms with van der Waals surface area (Å²) in [6, 6.07) is 17.2. The van der Waals surface area contributed by atoms with Gasteiger partial charge in [0.25, 0.3) is 0 Å². The second-order valence-electron chi connectivity index (χ2n) is 7.71. The maximum absolute atomic E-state index is 11.9. The van der Waals surface area contributed by atoms with Gasteiger partial charge in [-0.25, -0.2) is 8.42 Å². The SMILES string of the molecule is C[Si](C)(C)NC(CS(C)(=O)=O)c1cccc(OCOCc2ccccc2)c1. The van der Waals surface area contributed by atoms with Gasteiger partial charge in [0.05, 0.1) is 12.4 Å². The summed E-state index contributed by atoms with van der Waals surface area (Å²) >= 11 is 0. The van der Waals surface area contributed by atoms with Crippen molar-refractivity contribution in [3.8, 4) is 5.75 Å².